The van der Waals surface area contributed by atoms with Crippen LogP contribution in [0.1, 0.15) is 35.6 Å². The average molecular weight is 512 g/mol. The van der Waals surface area contributed by atoms with Crippen LogP contribution in [-0.2, 0) is 11.2 Å². The number of rotatable bonds is 8. The number of methoxy groups -OCH3 is 1. The number of anilines is 1. The van der Waals surface area contributed by atoms with E-state index in [2.05, 4.69) is 39.8 Å². The number of ether oxygens (including phenoxy) is 1. The highest BCUT2D eigenvalue weighted by Crippen LogP contribution is 2.32. The van der Waals surface area contributed by atoms with Crippen LogP contribution in [0.2, 0.25) is 0 Å². The molecule has 1 N–H and O–H groups in total. The van der Waals surface area contributed by atoms with Gasteiger partial charge in [-0.3, -0.25) is 4.79 Å². The van der Waals surface area contributed by atoms with E-state index in [0.717, 1.165) is 36.2 Å². The monoisotopic (exact) mass is 511 g/mol. The quantitative estimate of drug-likeness (QED) is 0.296. The van der Waals surface area contributed by atoms with Crippen molar-refractivity contribution in [2.24, 2.45) is 0 Å². The van der Waals surface area contributed by atoms with Gasteiger partial charge in [-0.15, -0.1) is 0 Å². The Morgan fingerprint density at radius 2 is 1.82 bits per heavy atom. The molecule has 38 heavy (non-hydrogen) atoms. The lowest BCUT2D eigenvalue weighted by Gasteiger charge is -2.25. The van der Waals surface area contributed by atoms with Gasteiger partial charge in [-0.1, -0.05) is 36.4 Å². The number of hydrogen-bond donors (Lipinski definition) is 1. The molecule has 0 radical (unpaired) electrons. The minimum Gasteiger partial charge on any atom is -0.497 e. The number of benzene rings is 3. The smallest absolute Gasteiger partial charge is 0.305 e. The van der Waals surface area contributed by atoms with Gasteiger partial charge in [0.15, 0.2) is 18.4 Å². The molecule has 1 aromatic heterocycles. The Balaban J connectivity index is 1.32. The number of aromatic nitrogens is 1. The van der Waals surface area contributed by atoms with Crippen LogP contribution in [0.4, 0.5) is 10.1 Å². The molecule has 5 rings (SSSR count). The summed E-state index contributed by atoms with van der Waals surface area (Å²) >= 11 is 0. The van der Waals surface area contributed by atoms with E-state index in [-0.39, 0.29) is 24.3 Å². The van der Waals surface area contributed by atoms with Crippen molar-refractivity contribution in [3.63, 3.8) is 0 Å². The first-order valence-corrected chi connectivity index (χ1v) is 12.9. The van der Waals surface area contributed by atoms with Crippen LogP contribution < -0.4 is 14.2 Å². The zero-order valence-corrected chi connectivity index (χ0v) is 21.7. The Labute approximate surface area is 222 Å². The van der Waals surface area contributed by atoms with E-state index in [4.69, 9.17) is 4.74 Å². The van der Waals surface area contributed by atoms with Crippen molar-refractivity contribution in [2.75, 3.05) is 18.6 Å². The summed E-state index contributed by atoms with van der Waals surface area (Å²) in [6, 6.07) is 25.4. The molecule has 1 aliphatic rings. The minimum atomic E-state index is -0.775. The molecular weight excluding hydrogens is 479 g/mol. The van der Waals surface area contributed by atoms with Crippen molar-refractivity contribution < 1.29 is 23.6 Å². The van der Waals surface area contributed by atoms with E-state index in [1.54, 1.807) is 19.2 Å². The highest BCUT2D eigenvalue weighted by molar-refractivity contribution is 5.69. The van der Waals surface area contributed by atoms with Crippen LogP contribution in [0.15, 0.2) is 91.3 Å². The molecule has 0 bridgehead atoms. The molecule has 194 valence electrons. The number of pyridine rings is 1. The zero-order valence-electron chi connectivity index (χ0n) is 21.7. The van der Waals surface area contributed by atoms with E-state index in [0.29, 0.717) is 11.3 Å². The van der Waals surface area contributed by atoms with Crippen molar-refractivity contribution in [3.05, 3.63) is 114 Å². The number of carboxylic acid groups (broad SMARTS) is 1. The van der Waals surface area contributed by atoms with Gasteiger partial charge in [0.05, 0.1) is 20.1 Å². The van der Waals surface area contributed by atoms with E-state index in [1.165, 1.54) is 17.2 Å². The van der Waals surface area contributed by atoms with Gasteiger partial charge in [0.1, 0.15) is 11.6 Å². The standard InChI is InChI=1S/C32H31FN2O3/c1-22-16-25(30-20-29(38-2)12-13-31(30)33)9-8-24(22)17-23-6-10-26(11-7-23)35-21-28(18-27(35)19-32(36)37)34-14-4-3-5-15-34/h3-16,20,27-28H,17-19,21H2,1-2H3/p+1/t27-,28+/m1/s1. The Kier molecular flexibility index (Phi) is 7.40. The summed E-state index contributed by atoms with van der Waals surface area (Å²) in [5.41, 5.74) is 5.83. The summed E-state index contributed by atoms with van der Waals surface area (Å²) in [6.45, 7) is 2.82. The third-order valence-corrected chi connectivity index (χ3v) is 7.45. The molecule has 0 spiro atoms. The number of aliphatic carboxylic acids is 1. The second-order valence-electron chi connectivity index (χ2n) is 9.95. The second kappa shape index (κ2) is 11.1. The van der Waals surface area contributed by atoms with Crippen LogP contribution in [0, 0.1) is 12.7 Å². The van der Waals surface area contributed by atoms with Crippen molar-refractivity contribution >= 4 is 11.7 Å². The third-order valence-electron chi connectivity index (χ3n) is 7.45. The Morgan fingerprint density at radius 3 is 2.50 bits per heavy atom. The fourth-order valence-electron chi connectivity index (χ4n) is 5.41. The minimum absolute atomic E-state index is 0.0529. The summed E-state index contributed by atoms with van der Waals surface area (Å²) in [4.78, 5) is 13.8. The van der Waals surface area contributed by atoms with Gasteiger partial charge >= 0.3 is 5.97 Å². The van der Waals surface area contributed by atoms with Gasteiger partial charge in [0.2, 0.25) is 0 Å². The van der Waals surface area contributed by atoms with Gasteiger partial charge in [-0.25, -0.2) is 8.96 Å². The van der Waals surface area contributed by atoms with Gasteiger partial charge in [0, 0.05) is 35.8 Å². The third kappa shape index (κ3) is 5.54. The van der Waals surface area contributed by atoms with Crippen LogP contribution in [-0.4, -0.2) is 30.8 Å². The Bertz CT molecular complexity index is 1420. The van der Waals surface area contributed by atoms with Crippen molar-refractivity contribution in [1.29, 1.82) is 0 Å². The summed E-state index contributed by atoms with van der Waals surface area (Å²) in [5.74, 6) is -0.423. The lowest BCUT2D eigenvalue weighted by molar-refractivity contribution is -0.718. The number of carboxylic acids is 1. The van der Waals surface area contributed by atoms with E-state index in [1.807, 2.05) is 49.6 Å². The summed E-state index contributed by atoms with van der Waals surface area (Å²) in [5, 5.41) is 9.50. The molecule has 1 saturated heterocycles. The number of halogens is 1. The van der Waals surface area contributed by atoms with E-state index < -0.39 is 5.97 Å². The van der Waals surface area contributed by atoms with Gasteiger partial charge in [-0.05, 0) is 65.9 Å². The maximum atomic E-state index is 14.5. The number of nitrogens with zero attached hydrogens (tertiary/aromatic N) is 2. The van der Waals surface area contributed by atoms with Crippen LogP contribution >= 0.6 is 0 Å². The van der Waals surface area contributed by atoms with Gasteiger partial charge in [-0.2, -0.15) is 0 Å². The fourth-order valence-corrected chi connectivity index (χ4v) is 5.41. The molecule has 5 nitrogen and oxygen atoms in total. The van der Waals surface area contributed by atoms with E-state index >= 15 is 0 Å². The molecule has 6 heteroatoms. The highest BCUT2D eigenvalue weighted by atomic mass is 19.1. The lowest BCUT2D eigenvalue weighted by Crippen LogP contribution is -2.40. The zero-order chi connectivity index (χ0) is 26.6. The lowest BCUT2D eigenvalue weighted by atomic mass is 9.95. The molecule has 1 aliphatic heterocycles. The number of carbonyl (C=O) groups is 1. The molecule has 0 amide bonds. The number of aryl methyl sites for hydroxylation is 1. The van der Waals surface area contributed by atoms with Crippen LogP contribution in [0.25, 0.3) is 11.1 Å². The van der Waals surface area contributed by atoms with Crippen molar-refractivity contribution in [3.8, 4) is 16.9 Å². The molecule has 0 saturated carbocycles. The number of hydrogen-bond acceptors (Lipinski definition) is 3. The van der Waals surface area contributed by atoms with Crippen LogP contribution in [0.5, 0.6) is 5.75 Å². The maximum Gasteiger partial charge on any atom is 0.305 e. The summed E-state index contributed by atoms with van der Waals surface area (Å²) in [6.07, 6.45) is 5.76. The largest absolute Gasteiger partial charge is 0.497 e. The molecule has 0 aliphatic carbocycles. The van der Waals surface area contributed by atoms with Crippen LogP contribution in [0.3, 0.4) is 0 Å². The predicted molar refractivity (Wildman–Crippen MR) is 146 cm³/mol. The molecule has 0 unspecified atom stereocenters. The van der Waals surface area contributed by atoms with Crippen molar-refractivity contribution in [2.45, 2.75) is 38.3 Å². The van der Waals surface area contributed by atoms with Gasteiger partial charge < -0.3 is 14.7 Å². The molecule has 3 aromatic carbocycles. The van der Waals surface area contributed by atoms with Crippen molar-refractivity contribution in [1.82, 2.24) is 0 Å². The average Bonchev–Trinajstić information content (AvgIpc) is 3.34. The molecule has 2 heterocycles. The predicted octanol–water partition coefficient (Wildman–Crippen LogP) is 5.98. The Morgan fingerprint density at radius 1 is 1.05 bits per heavy atom. The first-order chi connectivity index (χ1) is 18.4. The topological polar surface area (TPSA) is 53.7 Å². The van der Waals surface area contributed by atoms with Gasteiger partial charge in [0.25, 0.3) is 0 Å². The summed E-state index contributed by atoms with van der Waals surface area (Å²) in [7, 11) is 1.58. The Hall–Kier alpha value is -4.19. The second-order valence-corrected chi connectivity index (χ2v) is 9.95. The molecule has 1 fully saturated rings. The summed E-state index contributed by atoms with van der Waals surface area (Å²) < 4.78 is 21.9. The fraction of sp³-hybridized carbons (Fsp3) is 0.250. The first kappa shape index (κ1) is 25.5. The molecule has 2 atom stereocenters. The normalized spacial score (nSPS) is 17.0. The maximum absolute atomic E-state index is 14.5. The first-order valence-electron chi connectivity index (χ1n) is 12.9. The van der Waals surface area contributed by atoms with E-state index in [9.17, 15) is 14.3 Å². The highest BCUT2D eigenvalue weighted by Gasteiger charge is 2.38. The molecule has 4 aromatic rings. The SMILES string of the molecule is COc1ccc(F)c(-c2ccc(Cc3ccc(N4C[C@@H]([n+]5ccccc5)C[C@@H]4CC(=O)O)cc3)c(C)c2)c1. The molecular formula is C32H32FN2O3+.